The fourth-order valence-electron chi connectivity index (χ4n) is 3.43. The molecule has 2 aliphatic rings. The zero-order valence-electron chi connectivity index (χ0n) is 13.7. The Morgan fingerprint density at radius 3 is 2.42 bits per heavy atom. The fraction of sp³-hybridized carbons (Fsp3) is 0.211. The zero-order chi connectivity index (χ0) is 18.4. The summed E-state index contributed by atoms with van der Waals surface area (Å²) in [6.45, 7) is -0.0394. The van der Waals surface area contributed by atoms with E-state index < -0.39 is 17.9 Å². The topological polar surface area (TPSA) is 77.9 Å². The van der Waals surface area contributed by atoms with Crippen LogP contribution >= 0.6 is 11.6 Å². The Balaban J connectivity index is 1.60. The van der Waals surface area contributed by atoms with Crippen molar-refractivity contribution in [3.05, 3.63) is 64.2 Å². The van der Waals surface area contributed by atoms with Crippen LogP contribution < -0.4 is 4.90 Å². The third kappa shape index (κ3) is 2.58. The molecule has 132 valence electrons. The van der Waals surface area contributed by atoms with Crippen molar-refractivity contribution in [1.29, 1.82) is 0 Å². The van der Waals surface area contributed by atoms with Gasteiger partial charge in [-0.25, -0.2) is 0 Å². The Labute approximate surface area is 154 Å². The van der Waals surface area contributed by atoms with Gasteiger partial charge in [0.05, 0.1) is 17.2 Å². The van der Waals surface area contributed by atoms with Crippen molar-refractivity contribution in [3.8, 4) is 0 Å². The lowest BCUT2D eigenvalue weighted by molar-refractivity contribution is -0.119. The van der Waals surface area contributed by atoms with Gasteiger partial charge in [-0.05, 0) is 36.8 Å². The number of hydrogen-bond acceptors (Lipinski definition) is 4. The van der Waals surface area contributed by atoms with Crippen molar-refractivity contribution in [3.63, 3.8) is 0 Å². The van der Waals surface area contributed by atoms with Crippen LogP contribution in [0.5, 0.6) is 0 Å². The molecule has 0 spiro atoms. The number of rotatable bonds is 2. The van der Waals surface area contributed by atoms with Gasteiger partial charge in [-0.15, -0.1) is 0 Å². The van der Waals surface area contributed by atoms with E-state index in [9.17, 15) is 19.5 Å². The summed E-state index contributed by atoms with van der Waals surface area (Å²) in [7, 11) is 0. The first-order valence-electron chi connectivity index (χ1n) is 8.20. The van der Waals surface area contributed by atoms with Crippen LogP contribution in [-0.2, 0) is 4.79 Å². The van der Waals surface area contributed by atoms with Crippen LogP contribution in [0.25, 0.3) is 0 Å². The number of benzene rings is 2. The van der Waals surface area contributed by atoms with Crippen molar-refractivity contribution in [1.82, 2.24) is 4.90 Å². The number of carbonyl (C=O) groups excluding carboxylic acids is 3. The predicted molar refractivity (Wildman–Crippen MR) is 95.2 cm³/mol. The third-order valence-corrected chi connectivity index (χ3v) is 4.97. The molecule has 6 nitrogen and oxygen atoms in total. The molecule has 3 amide bonds. The lowest BCUT2D eigenvalue weighted by Crippen LogP contribution is -2.45. The quantitative estimate of drug-likeness (QED) is 0.823. The number of nitrogens with zero attached hydrogens (tertiary/aromatic N) is 2. The summed E-state index contributed by atoms with van der Waals surface area (Å²) in [5, 5.41) is 10.6. The highest BCUT2D eigenvalue weighted by Crippen LogP contribution is 2.36. The number of imide groups is 1. The monoisotopic (exact) mass is 370 g/mol. The normalized spacial score (nSPS) is 18.8. The molecule has 0 saturated heterocycles. The van der Waals surface area contributed by atoms with E-state index in [0.29, 0.717) is 40.4 Å². The van der Waals surface area contributed by atoms with E-state index in [0.717, 1.165) is 4.90 Å². The molecule has 4 rings (SSSR count). The molecule has 26 heavy (non-hydrogen) atoms. The van der Waals surface area contributed by atoms with E-state index in [1.54, 1.807) is 42.5 Å². The average molecular weight is 371 g/mol. The lowest BCUT2D eigenvalue weighted by Gasteiger charge is -2.33. The van der Waals surface area contributed by atoms with Crippen molar-refractivity contribution in [2.24, 2.45) is 0 Å². The van der Waals surface area contributed by atoms with Gasteiger partial charge in [-0.2, -0.15) is 0 Å². The van der Waals surface area contributed by atoms with Crippen LogP contribution in [0.3, 0.4) is 0 Å². The van der Waals surface area contributed by atoms with Crippen LogP contribution in [0.15, 0.2) is 42.5 Å². The molecule has 0 aromatic heterocycles. The second-order valence-corrected chi connectivity index (χ2v) is 6.73. The Kier molecular flexibility index (Phi) is 4.01. The smallest absolute Gasteiger partial charge is 0.262 e. The number of amides is 3. The van der Waals surface area contributed by atoms with Gasteiger partial charge in [0.25, 0.3) is 11.8 Å². The first kappa shape index (κ1) is 16.8. The molecular formula is C19H15ClN2O4. The molecule has 0 aliphatic carbocycles. The van der Waals surface area contributed by atoms with Crippen molar-refractivity contribution in [2.45, 2.75) is 12.5 Å². The first-order chi connectivity index (χ1) is 12.5. The summed E-state index contributed by atoms with van der Waals surface area (Å²) in [5.74, 6) is -1.31. The Morgan fingerprint density at radius 2 is 1.77 bits per heavy atom. The van der Waals surface area contributed by atoms with Crippen LogP contribution in [0, 0.1) is 0 Å². The van der Waals surface area contributed by atoms with Gasteiger partial charge < -0.3 is 10.0 Å². The van der Waals surface area contributed by atoms with Crippen molar-refractivity contribution in [2.75, 3.05) is 18.0 Å². The van der Waals surface area contributed by atoms with Crippen molar-refractivity contribution >= 4 is 35.0 Å². The predicted octanol–water partition coefficient (Wildman–Crippen LogP) is 2.41. The minimum atomic E-state index is -0.702. The lowest BCUT2D eigenvalue weighted by atomic mass is 9.99. The van der Waals surface area contributed by atoms with Crippen LogP contribution in [-0.4, -0.2) is 40.8 Å². The number of halogens is 1. The van der Waals surface area contributed by atoms with E-state index in [4.69, 9.17) is 11.6 Å². The average Bonchev–Trinajstić information content (AvgIpc) is 2.88. The minimum Gasteiger partial charge on any atom is -0.388 e. The van der Waals surface area contributed by atoms with E-state index in [1.165, 1.54) is 4.90 Å². The van der Waals surface area contributed by atoms with E-state index in [2.05, 4.69) is 0 Å². The standard InChI is InChI=1S/C19H15ClN2O4/c20-11-5-6-15-14(9-11)16(23)7-8-21(15)17(24)10-22-18(25)12-3-1-2-4-13(12)19(22)26/h1-6,9,16,23H,7-8,10H2. The second kappa shape index (κ2) is 6.23. The summed E-state index contributed by atoms with van der Waals surface area (Å²) >= 11 is 5.98. The van der Waals surface area contributed by atoms with Gasteiger partial charge in [0.1, 0.15) is 6.54 Å². The van der Waals surface area contributed by atoms with Crippen molar-refractivity contribution < 1.29 is 19.5 Å². The van der Waals surface area contributed by atoms with Gasteiger partial charge in [-0.3, -0.25) is 19.3 Å². The number of aliphatic hydroxyl groups excluding tert-OH is 1. The molecule has 1 unspecified atom stereocenters. The molecule has 0 saturated carbocycles. The van der Waals surface area contributed by atoms with Crippen LogP contribution in [0.2, 0.25) is 5.02 Å². The molecule has 1 atom stereocenters. The number of aliphatic hydroxyl groups is 1. The Morgan fingerprint density at radius 1 is 1.12 bits per heavy atom. The molecule has 0 bridgehead atoms. The SMILES string of the molecule is O=C1c2ccccc2C(=O)N1CC(=O)N1CCC(O)c2cc(Cl)ccc21. The number of anilines is 1. The molecule has 2 heterocycles. The molecule has 2 aromatic rings. The molecule has 0 radical (unpaired) electrons. The first-order valence-corrected chi connectivity index (χ1v) is 8.58. The van der Waals surface area contributed by atoms with E-state index in [1.807, 2.05) is 0 Å². The zero-order valence-corrected chi connectivity index (χ0v) is 14.4. The van der Waals surface area contributed by atoms with E-state index >= 15 is 0 Å². The highest BCUT2D eigenvalue weighted by atomic mass is 35.5. The molecular weight excluding hydrogens is 356 g/mol. The minimum absolute atomic E-state index is 0.303. The summed E-state index contributed by atoms with van der Waals surface area (Å²) < 4.78 is 0. The molecule has 1 N–H and O–H groups in total. The molecule has 0 fully saturated rings. The third-order valence-electron chi connectivity index (χ3n) is 4.74. The van der Waals surface area contributed by atoms with Crippen LogP contribution in [0.1, 0.15) is 38.8 Å². The highest BCUT2D eigenvalue weighted by Gasteiger charge is 2.38. The highest BCUT2D eigenvalue weighted by molar-refractivity contribution is 6.30. The fourth-order valence-corrected chi connectivity index (χ4v) is 3.61. The number of fused-ring (bicyclic) bond motifs is 2. The summed E-state index contributed by atoms with van der Waals surface area (Å²) in [4.78, 5) is 40.2. The van der Waals surface area contributed by atoms with Gasteiger partial charge >= 0.3 is 0 Å². The Hall–Kier alpha value is -2.70. The maximum Gasteiger partial charge on any atom is 0.262 e. The summed E-state index contributed by atoms with van der Waals surface area (Å²) in [6, 6.07) is 11.5. The molecule has 2 aliphatic heterocycles. The van der Waals surface area contributed by atoms with Gasteiger partial charge in [0.15, 0.2) is 0 Å². The number of carbonyl (C=O) groups is 3. The van der Waals surface area contributed by atoms with E-state index in [-0.39, 0.29) is 12.5 Å². The van der Waals surface area contributed by atoms with Gasteiger partial charge in [-0.1, -0.05) is 23.7 Å². The molecule has 7 heteroatoms. The number of hydrogen-bond donors (Lipinski definition) is 1. The van der Waals surface area contributed by atoms with Gasteiger partial charge in [0, 0.05) is 22.8 Å². The van der Waals surface area contributed by atoms with Gasteiger partial charge in [0.2, 0.25) is 5.91 Å². The largest absolute Gasteiger partial charge is 0.388 e. The maximum atomic E-state index is 12.8. The summed E-state index contributed by atoms with van der Waals surface area (Å²) in [5.41, 5.74) is 1.74. The second-order valence-electron chi connectivity index (χ2n) is 6.30. The maximum absolute atomic E-state index is 12.8. The summed E-state index contributed by atoms with van der Waals surface area (Å²) in [6.07, 6.45) is -0.339. The Bertz CT molecular complexity index is 908. The molecule has 2 aromatic carbocycles. The van der Waals surface area contributed by atoms with Crippen LogP contribution in [0.4, 0.5) is 5.69 Å².